The van der Waals surface area contributed by atoms with Crippen LogP contribution in [-0.2, 0) is 11.2 Å². The van der Waals surface area contributed by atoms with Crippen LogP contribution in [0.4, 0.5) is 5.69 Å². The predicted octanol–water partition coefficient (Wildman–Crippen LogP) is 3.57. The molecular formula is C20H26ClN3O2S. The highest BCUT2D eigenvalue weighted by atomic mass is 35.5. The summed E-state index contributed by atoms with van der Waals surface area (Å²) in [5, 5.41) is 8.24. The summed E-state index contributed by atoms with van der Waals surface area (Å²) in [7, 11) is 1.84. The van der Waals surface area contributed by atoms with E-state index in [1.165, 1.54) is 4.88 Å². The van der Waals surface area contributed by atoms with Crippen LogP contribution in [0.1, 0.15) is 34.5 Å². The molecule has 5 nitrogen and oxygen atoms in total. The molecule has 0 bridgehead atoms. The van der Waals surface area contributed by atoms with Gasteiger partial charge in [-0.05, 0) is 55.5 Å². The second-order valence-corrected chi connectivity index (χ2v) is 7.66. The molecule has 0 radical (unpaired) electrons. The highest BCUT2D eigenvalue weighted by Crippen LogP contribution is 2.17. The summed E-state index contributed by atoms with van der Waals surface area (Å²) >= 11 is 1.72. The van der Waals surface area contributed by atoms with Crippen molar-refractivity contribution in [1.29, 1.82) is 0 Å². The predicted molar refractivity (Wildman–Crippen MR) is 113 cm³/mol. The number of likely N-dealkylation sites (N-methyl/N-ethyl adjacent to an activating group) is 1. The fourth-order valence-electron chi connectivity index (χ4n) is 3.17. The molecule has 2 aromatic rings. The first-order valence-corrected chi connectivity index (χ1v) is 9.91. The Morgan fingerprint density at radius 2 is 2.15 bits per heavy atom. The molecule has 3 rings (SSSR count). The Kier molecular flexibility index (Phi) is 8.28. The highest BCUT2D eigenvalue weighted by Gasteiger charge is 2.24. The molecule has 2 amide bonds. The van der Waals surface area contributed by atoms with Crippen LogP contribution in [0.25, 0.3) is 0 Å². The summed E-state index contributed by atoms with van der Waals surface area (Å²) in [6, 6.07) is 11.6. The summed E-state index contributed by atoms with van der Waals surface area (Å²) in [6.45, 7) is 1.78. The molecule has 1 aliphatic heterocycles. The average Bonchev–Trinajstić information content (AvgIpc) is 3.34. The van der Waals surface area contributed by atoms with E-state index in [0.29, 0.717) is 17.7 Å². The number of carbonyl (C=O) groups is 2. The zero-order valence-corrected chi connectivity index (χ0v) is 17.1. The third-order valence-electron chi connectivity index (χ3n) is 4.70. The molecule has 2 heterocycles. The number of amides is 2. The van der Waals surface area contributed by atoms with Gasteiger partial charge in [-0.1, -0.05) is 12.1 Å². The van der Waals surface area contributed by atoms with Gasteiger partial charge >= 0.3 is 0 Å². The SMILES string of the molecule is CN(C(=O)c1cccc(NC(=O)CCCc2cccs2)c1)C1CCNC1.Cl. The second-order valence-electron chi connectivity index (χ2n) is 6.62. The standard InChI is InChI=1S/C20H25N3O2S.ClH/c1-23(17-10-11-21-14-17)20(25)15-5-2-6-16(13-15)22-19(24)9-3-7-18-8-4-12-26-18;/h2,4-6,8,12-13,17,21H,3,7,9-11,14H2,1H3,(H,22,24);1H. The maximum Gasteiger partial charge on any atom is 0.253 e. The number of aryl methyl sites for hydroxylation is 1. The van der Waals surface area contributed by atoms with Gasteiger partial charge in [0.05, 0.1) is 0 Å². The van der Waals surface area contributed by atoms with Gasteiger partial charge in [0.15, 0.2) is 0 Å². The topological polar surface area (TPSA) is 61.4 Å². The number of nitrogens with one attached hydrogen (secondary N) is 2. The molecule has 2 N–H and O–H groups in total. The first kappa shape index (κ1) is 21.4. The summed E-state index contributed by atoms with van der Waals surface area (Å²) in [5.74, 6) is -0.0213. The lowest BCUT2D eigenvalue weighted by atomic mass is 10.1. The Morgan fingerprint density at radius 1 is 1.30 bits per heavy atom. The van der Waals surface area contributed by atoms with E-state index in [4.69, 9.17) is 0 Å². The van der Waals surface area contributed by atoms with Gasteiger partial charge < -0.3 is 15.5 Å². The van der Waals surface area contributed by atoms with E-state index in [2.05, 4.69) is 22.1 Å². The molecule has 1 unspecified atom stereocenters. The fraction of sp³-hybridized carbons (Fsp3) is 0.400. The number of benzene rings is 1. The Labute approximate surface area is 170 Å². The van der Waals surface area contributed by atoms with Gasteiger partial charge in [-0.15, -0.1) is 23.7 Å². The van der Waals surface area contributed by atoms with Gasteiger partial charge in [0, 0.05) is 42.2 Å². The number of nitrogens with zero attached hydrogens (tertiary/aromatic N) is 1. The van der Waals surface area contributed by atoms with E-state index < -0.39 is 0 Å². The van der Waals surface area contributed by atoms with Crippen molar-refractivity contribution in [3.8, 4) is 0 Å². The van der Waals surface area contributed by atoms with E-state index in [-0.39, 0.29) is 30.3 Å². The van der Waals surface area contributed by atoms with Crippen molar-refractivity contribution in [3.05, 3.63) is 52.2 Å². The number of rotatable bonds is 7. The largest absolute Gasteiger partial charge is 0.337 e. The monoisotopic (exact) mass is 407 g/mol. The molecule has 0 spiro atoms. The molecule has 1 saturated heterocycles. The van der Waals surface area contributed by atoms with Crippen LogP contribution in [0.3, 0.4) is 0 Å². The lowest BCUT2D eigenvalue weighted by Gasteiger charge is -2.24. The average molecular weight is 408 g/mol. The number of halogens is 1. The van der Waals surface area contributed by atoms with Gasteiger partial charge in [-0.2, -0.15) is 0 Å². The lowest BCUT2D eigenvalue weighted by molar-refractivity contribution is -0.116. The van der Waals surface area contributed by atoms with Gasteiger partial charge in [0.1, 0.15) is 0 Å². The number of carbonyl (C=O) groups excluding carboxylic acids is 2. The normalized spacial score (nSPS) is 15.8. The number of thiophene rings is 1. The number of anilines is 1. The third kappa shape index (κ3) is 6.06. The molecule has 1 aromatic heterocycles. The molecule has 0 aliphatic carbocycles. The van der Waals surface area contributed by atoms with Gasteiger partial charge in [0.2, 0.25) is 5.91 Å². The first-order valence-electron chi connectivity index (χ1n) is 9.03. The van der Waals surface area contributed by atoms with Gasteiger partial charge in [0.25, 0.3) is 5.91 Å². The summed E-state index contributed by atoms with van der Waals surface area (Å²) in [6.07, 6.45) is 3.19. The number of hydrogen-bond acceptors (Lipinski definition) is 4. The number of hydrogen-bond donors (Lipinski definition) is 2. The maximum atomic E-state index is 12.7. The molecule has 146 valence electrons. The second kappa shape index (κ2) is 10.4. The van der Waals surface area contributed by atoms with Gasteiger partial charge in [-0.3, -0.25) is 9.59 Å². The van der Waals surface area contributed by atoms with Gasteiger partial charge in [-0.25, -0.2) is 0 Å². The van der Waals surface area contributed by atoms with Crippen LogP contribution >= 0.6 is 23.7 Å². The molecule has 7 heteroatoms. The quantitative estimate of drug-likeness (QED) is 0.737. The smallest absolute Gasteiger partial charge is 0.253 e. The molecule has 1 atom stereocenters. The fourth-order valence-corrected chi connectivity index (χ4v) is 3.92. The minimum Gasteiger partial charge on any atom is -0.337 e. The minimum atomic E-state index is -0.0143. The van der Waals surface area contributed by atoms with Crippen LogP contribution in [0.2, 0.25) is 0 Å². The summed E-state index contributed by atoms with van der Waals surface area (Å²) in [5.41, 5.74) is 1.28. The van der Waals surface area contributed by atoms with E-state index in [1.807, 2.05) is 25.2 Å². The Balaban J connectivity index is 0.00000261. The van der Waals surface area contributed by atoms with Crippen molar-refractivity contribution in [1.82, 2.24) is 10.2 Å². The van der Waals surface area contributed by atoms with E-state index in [0.717, 1.165) is 32.4 Å². The van der Waals surface area contributed by atoms with E-state index >= 15 is 0 Å². The molecular weight excluding hydrogens is 382 g/mol. The van der Waals surface area contributed by atoms with Crippen LogP contribution in [0, 0.1) is 0 Å². The van der Waals surface area contributed by atoms with E-state index in [1.54, 1.807) is 28.4 Å². The van der Waals surface area contributed by atoms with Crippen molar-refractivity contribution in [2.75, 3.05) is 25.5 Å². The highest BCUT2D eigenvalue weighted by molar-refractivity contribution is 7.09. The van der Waals surface area contributed by atoms with Crippen molar-refractivity contribution in [3.63, 3.8) is 0 Å². The summed E-state index contributed by atoms with van der Waals surface area (Å²) in [4.78, 5) is 27.9. The molecule has 1 aromatic carbocycles. The third-order valence-corrected chi connectivity index (χ3v) is 5.64. The van der Waals surface area contributed by atoms with Crippen molar-refractivity contribution < 1.29 is 9.59 Å². The van der Waals surface area contributed by atoms with Crippen LogP contribution < -0.4 is 10.6 Å². The van der Waals surface area contributed by atoms with Crippen molar-refractivity contribution in [2.45, 2.75) is 31.7 Å². The molecule has 1 fully saturated rings. The zero-order chi connectivity index (χ0) is 18.4. The van der Waals surface area contributed by atoms with Crippen molar-refractivity contribution >= 4 is 41.2 Å². The Hall–Kier alpha value is -1.89. The minimum absolute atomic E-state index is 0. The zero-order valence-electron chi connectivity index (χ0n) is 15.4. The van der Waals surface area contributed by atoms with Crippen LogP contribution in [0.5, 0.6) is 0 Å². The van der Waals surface area contributed by atoms with Crippen LogP contribution in [0.15, 0.2) is 41.8 Å². The Bertz CT molecular complexity index is 745. The van der Waals surface area contributed by atoms with Crippen molar-refractivity contribution in [2.24, 2.45) is 0 Å². The molecule has 1 aliphatic rings. The Morgan fingerprint density at radius 3 is 2.85 bits per heavy atom. The summed E-state index contributed by atoms with van der Waals surface area (Å²) < 4.78 is 0. The first-order chi connectivity index (χ1) is 12.6. The molecule has 0 saturated carbocycles. The van der Waals surface area contributed by atoms with Crippen LogP contribution in [-0.4, -0.2) is 42.9 Å². The lowest BCUT2D eigenvalue weighted by Crippen LogP contribution is -2.38. The maximum absolute atomic E-state index is 12.7. The van der Waals surface area contributed by atoms with E-state index in [9.17, 15) is 9.59 Å². The molecule has 27 heavy (non-hydrogen) atoms.